The largest absolute Gasteiger partial charge is 0.465 e. The maximum atomic E-state index is 11.6. The third-order valence-electron chi connectivity index (χ3n) is 3.22. The Bertz CT molecular complexity index is 457. The molecule has 0 bridgehead atoms. The summed E-state index contributed by atoms with van der Waals surface area (Å²) in [5.74, 6) is -0.292. The molecule has 1 atom stereocenters. The van der Waals surface area contributed by atoms with E-state index in [0.29, 0.717) is 17.6 Å². The van der Waals surface area contributed by atoms with Crippen LogP contribution in [0.4, 0.5) is 11.4 Å². The molecular weight excluding hydrogens is 228 g/mol. The highest BCUT2D eigenvalue weighted by atomic mass is 16.5. The minimum atomic E-state index is -0.292. The van der Waals surface area contributed by atoms with Crippen LogP contribution in [0, 0.1) is 0 Å². The van der Waals surface area contributed by atoms with Crippen molar-refractivity contribution in [2.75, 3.05) is 23.9 Å². The Labute approximate surface area is 108 Å². The molecule has 4 nitrogen and oxygen atoms in total. The molecular formula is C14H20N2O2. The predicted molar refractivity (Wildman–Crippen MR) is 73.3 cm³/mol. The van der Waals surface area contributed by atoms with Crippen LogP contribution in [-0.2, 0) is 4.74 Å². The summed E-state index contributed by atoms with van der Waals surface area (Å²) in [7, 11) is 1.41. The average Bonchev–Trinajstić information content (AvgIpc) is 2.36. The Kier molecular flexibility index (Phi) is 3.45. The fourth-order valence-corrected chi connectivity index (χ4v) is 2.33. The van der Waals surface area contributed by atoms with Crippen LogP contribution in [0.25, 0.3) is 0 Å². The summed E-state index contributed by atoms with van der Waals surface area (Å²) in [4.78, 5) is 13.9. The quantitative estimate of drug-likeness (QED) is 0.816. The summed E-state index contributed by atoms with van der Waals surface area (Å²) in [6.45, 7) is 7.42. The Hall–Kier alpha value is -1.71. The number of carbonyl (C=O) groups excluding carboxylic acids is 1. The third kappa shape index (κ3) is 2.28. The minimum Gasteiger partial charge on any atom is -0.465 e. The minimum absolute atomic E-state index is 0.292. The molecule has 18 heavy (non-hydrogen) atoms. The molecule has 0 fully saturated rings. The number of methoxy groups -OCH3 is 1. The number of carbonyl (C=O) groups is 1. The number of fused-ring (bicyclic) bond motifs is 1. The van der Waals surface area contributed by atoms with Crippen LogP contribution >= 0.6 is 0 Å². The van der Waals surface area contributed by atoms with E-state index in [2.05, 4.69) is 31.0 Å². The van der Waals surface area contributed by atoms with Crippen molar-refractivity contribution >= 4 is 17.3 Å². The van der Waals surface area contributed by atoms with E-state index in [-0.39, 0.29) is 5.97 Å². The summed E-state index contributed by atoms with van der Waals surface area (Å²) in [5.41, 5.74) is 2.75. The van der Waals surface area contributed by atoms with E-state index in [4.69, 9.17) is 4.74 Å². The number of rotatable bonds is 2. The molecule has 4 heteroatoms. The van der Waals surface area contributed by atoms with E-state index in [1.807, 2.05) is 12.1 Å². The second kappa shape index (κ2) is 4.88. The fourth-order valence-electron chi connectivity index (χ4n) is 2.33. The maximum Gasteiger partial charge on any atom is 0.337 e. The summed E-state index contributed by atoms with van der Waals surface area (Å²) in [5, 5.41) is 3.44. The number of ether oxygens (including phenoxy) is 1. The first-order chi connectivity index (χ1) is 8.52. The lowest BCUT2D eigenvalue weighted by Gasteiger charge is -2.38. The third-order valence-corrected chi connectivity index (χ3v) is 3.22. The molecule has 1 aromatic carbocycles. The monoisotopic (exact) mass is 248 g/mol. The number of hydrogen-bond acceptors (Lipinski definition) is 4. The Morgan fingerprint density at radius 1 is 1.50 bits per heavy atom. The van der Waals surface area contributed by atoms with Gasteiger partial charge in [-0.3, -0.25) is 0 Å². The standard InChI is InChI=1S/C14H20N2O2/c1-9(2)16-8-10(3)15-12-6-5-11(7-13(12)16)14(17)18-4/h5-7,9-10,15H,8H2,1-4H3. The van der Waals surface area contributed by atoms with Crippen molar-refractivity contribution in [3.8, 4) is 0 Å². The molecule has 0 spiro atoms. The van der Waals surface area contributed by atoms with E-state index in [9.17, 15) is 4.79 Å². The van der Waals surface area contributed by atoms with Gasteiger partial charge in [0.05, 0.1) is 24.0 Å². The van der Waals surface area contributed by atoms with Crippen LogP contribution in [0.2, 0.25) is 0 Å². The zero-order valence-corrected chi connectivity index (χ0v) is 11.4. The summed E-state index contributed by atoms with van der Waals surface area (Å²) in [6, 6.07) is 6.46. The number of nitrogens with zero attached hydrogens (tertiary/aromatic N) is 1. The van der Waals surface area contributed by atoms with Crippen LogP contribution in [0.1, 0.15) is 31.1 Å². The number of nitrogens with one attached hydrogen (secondary N) is 1. The van der Waals surface area contributed by atoms with Crippen molar-refractivity contribution in [2.45, 2.75) is 32.9 Å². The highest BCUT2D eigenvalue weighted by Crippen LogP contribution is 2.33. The van der Waals surface area contributed by atoms with Gasteiger partial charge in [-0.1, -0.05) is 0 Å². The van der Waals surface area contributed by atoms with Crippen molar-refractivity contribution in [3.05, 3.63) is 23.8 Å². The SMILES string of the molecule is COC(=O)c1ccc2c(c1)N(C(C)C)CC(C)N2. The molecule has 98 valence electrons. The van der Waals surface area contributed by atoms with E-state index in [1.54, 1.807) is 6.07 Å². The molecule has 0 aromatic heterocycles. The van der Waals surface area contributed by atoms with Gasteiger partial charge in [-0.25, -0.2) is 4.79 Å². The number of esters is 1. The first-order valence-corrected chi connectivity index (χ1v) is 6.28. The summed E-state index contributed by atoms with van der Waals surface area (Å²) >= 11 is 0. The highest BCUT2D eigenvalue weighted by molar-refractivity contribution is 5.92. The van der Waals surface area contributed by atoms with Gasteiger partial charge >= 0.3 is 5.97 Å². The van der Waals surface area contributed by atoms with Crippen LogP contribution in [0.5, 0.6) is 0 Å². The molecule has 1 aliphatic rings. The molecule has 0 aliphatic carbocycles. The Morgan fingerprint density at radius 3 is 2.83 bits per heavy atom. The predicted octanol–water partition coefficient (Wildman–Crippen LogP) is 2.50. The van der Waals surface area contributed by atoms with Crippen LogP contribution in [-0.4, -0.2) is 31.7 Å². The topological polar surface area (TPSA) is 41.6 Å². The van der Waals surface area contributed by atoms with Crippen LogP contribution < -0.4 is 10.2 Å². The molecule has 0 saturated carbocycles. The molecule has 1 aliphatic heterocycles. The van der Waals surface area contributed by atoms with Crippen molar-refractivity contribution in [3.63, 3.8) is 0 Å². The smallest absolute Gasteiger partial charge is 0.337 e. The van der Waals surface area contributed by atoms with Gasteiger partial charge < -0.3 is 15.0 Å². The molecule has 0 radical (unpaired) electrons. The summed E-state index contributed by atoms with van der Waals surface area (Å²) in [6.07, 6.45) is 0. The van der Waals surface area contributed by atoms with Gasteiger partial charge in [-0.2, -0.15) is 0 Å². The molecule has 1 heterocycles. The normalized spacial score (nSPS) is 18.3. The molecule has 1 aromatic rings. The van der Waals surface area contributed by atoms with Gasteiger partial charge in [0.1, 0.15) is 0 Å². The van der Waals surface area contributed by atoms with E-state index < -0.39 is 0 Å². The van der Waals surface area contributed by atoms with Crippen molar-refractivity contribution in [1.82, 2.24) is 0 Å². The average molecular weight is 248 g/mol. The molecule has 1 unspecified atom stereocenters. The fraction of sp³-hybridized carbons (Fsp3) is 0.500. The van der Waals surface area contributed by atoms with E-state index >= 15 is 0 Å². The van der Waals surface area contributed by atoms with Crippen molar-refractivity contribution in [2.24, 2.45) is 0 Å². The van der Waals surface area contributed by atoms with Crippen LogP contribution in [0.15, 0.2) is 18.2 Å². The van der Waals surface area contributed by atoms with Gasteiger partial charge in [0.25, 0.3) is 0 Å². The van der Waals surface area contributed by atoms with Crippen molar-refractivity contribution < 1.29 is 9.53 Å². The number of hydrogen-bond donors (Lipinski definition) is 1. The second-order valence-electron chi connectivity index (χ2n) is 5.02. The zero-order chi connectivity index (χ0) is 13.3. The molecule has 1 N–H and O–H groups in total. The van der Waals surface area contributed by atoms with Gasteiger partial charge in [0.15, 0.2) is 0 Å². The van der Waals surface area contributed by atoms with Gasteiger partial charge in [-0.05, 0) is 39.0 Å². The first kappa shape index (κ1) is 12.7. The molecule has 2 rings (SSSR count). The number of anilines is 2. The molecule has 0 amide bonds. The molecule has 0 saturated heterocycles. The van der Waals surface area contributed by atoms with Crippen molar-refractivity contribution in [1.29, 1.82) is 0 Å². The Balaban J connectivity index is 2.42. The lowest BCUT2D eigenvalue weighted by molar-refractivity contribution is 0.0601. The van der Waals surface area contributed by atoms with Gasteiger partial charge in [-0.15, -0.1) is 0 Å². The van der Waals surface area contributed by atoms with E-state index in [1.165, 1.54) is 7.11 Å². The Morgan fingerprint density at radius 2 is 2.22 bits per heavy atom. The number of benzene rings is 1. The van der Waals surface area contributed by atoms with Crippen LogP contribution in [0.3, 0.4) is 0 Å². The zero-order valence-electron chi connectivity index (χ0n) is 11.4. The maximum absolute atomic E-state index is 11.6. The lowest BCUT2D eigenvalue weighted by atomic mass is 10.1. The second-order valence-corrected chi connectivity index (χ2v) is 5.02. The first-order valence-electron chi connectivity index (χ1n) is 6.28. The van der Waals surface area contributed by atoms with Gasteiger partial charge in [0.2, 0.25) is 0 Å². The van der Waals surface area contributed by atoms with E-state index in [0.717, 1.165) is 17.9 Å². The lowest BCUT2D eigenvalue weighted by Crippen LogP contribution is -2.43. The highest BCUT2D eigenvalue weighted by Gasteiger charge is 2.24. The summed E-state index contributed by atoms with van der Waals surface area (Å²) < 4.78 is 4.77. The van der Waals surface area contributed by atoms with Gasteiger partial charge in [0, 0.05) is 18.6 Å².